The van der Waals surface area contributed by atoms with Crippen LogP contribution in [0, 0.1) is 6.57 Å². The van der Waals surface area contributed by atoms with E-state index in [1.165, 1.54) is 70.6 Å². The first kappa shape index (κ1) is 44.9. The molecule has 0 bridgehead atoms. The van der Waals surface area contributed by atoms with E-state index in [1.54, 1.807) is 0 Å². The van der Waals surface area contributed by atoms with E-state index < -0.39 is 5.92 Å². The van der Waals surface area contributed by atoms with Gasteiger partial charge in [-0.25, -0.2) is 4.85 Å². The van der Waals surface area contributed by atoms with Crippen molar-refractivity contribution in [2.45, 2.75) is 123 Å². The molecule has 0 saturated heterocycles. The topological polar surface area (TPSA) is 111 Å². The van der Waals surface area contributed by atoms with Crippen LogP contribution in [0.2, 0.25) is 0 Å². The highest BCUT2D eigenvalue weighted by molar-refractivity contribution is 6.38. The molecule has 7 nitrogen and oxygen atoms in total. The number of nitrogens with two attached hydrogens (primary N) is 2. The molecule has 63 heavy (non-hydrogen) atoms. The Bertz CT molecular complexity index is 2720. The van der Waals surface area contributed by atoms with E-state index in [2.05, 4.69) is 102 Å². The number of nitrogens with zero attached hydrogens (tertiary/aromatic N) is 3. The summed E-state index contributed by atoms with van der Waals surface area (Å²) in [4.78, 5) is 21.6. The molecule has 6 aromatic rings. The minimum Gasteiger partial charge on any atom is -0.775 e. The molecule has 7 rings (SSSR count). The largest absolute Gasteiger partial charge is 0.775 e. The number of carbonyl (C=O) groups is 1. The number of hydrogen-bond donors (Lipinski definition) is 3. The molecule has 0 amide bonds. The fourth-order valence-electron chi connectivity index (χ4n) is 9.80. The predicted molar refractivity (Wildman–Crippen MR) is 272 cm³/mol. The Morgan fingerprint density at radius 3 is 1.71 bits per heavy atom. The van der Waals surface area contributed by atoms with Crippen LogP contribution in [0.3, 0.4) is 0 Å². The number of nitrogens with one attached hydrogen (secondary N) is 1. The number of ketones is 1. The van der Waals surface area contributed by atoms with Gasteiger partial charge in [0.05, 0.1) is 12.5 Å². The van der Waals surface area contributed by atoms with Crippen LogP contribution in [0.1, 0.15) is 134 Å². The number of benzene rings is 6. The molecule has 7 heteroatoms. The van der Waals surface area contributed by atoms with E-state index in [0.29, 0.717) is 33.6 Å². The van der Waals surface area contributed by atoms with Crippen molar-refractivity contribution in [2.75, 3.05) is 41.3 Å². The molecule has 0 aromatic heterocycles. The Labute approximate surface area is 374 Å². The smallest absolute Gasteiger partial charge is 0.210 e. The molecule has 1 aliphatic rings. The monoisotopic (exact) mass is 838 g/mol. The van der Waals surface area contributed by atoms with Gasteiger partial charge in [0.25, 0.3) is 0 Å². The van der Waals surface area contributed by atoms with Crippen molar-refractivity contribution in [1.82, 2.24) is 0 Å². The van der Waals surface area contributed by atoms with Crippen molar-refractivity contribution in [1.29, 1.82) is 0 Å². The summed E-state index contributed by atoms with van der Waals surface area (Å²) < 4.78 is 0. The number of carbonyl (C=O) groups excluding carboxylic acids is 1. The molecule has 0 radical (unpaired) electrons. The van der Waals surface area contributed by atoms with Crippen molar-refractivity contribution in [2.24, 2.45) is 0 Å². The summed E-state index contributed by atoms with van der Waals surface area (Å²) in [6.07, 6.45) is 17.7. The molecule has 1 atom stereocenters. The van der Waals surface area contributed by atoms with Crippen molar-refractivity contribution in [3.05, 3.63) is 124 Å². The van der Waals surface area contributed by atoms with Gasteiger partial charge in [-0.3, -0.25) is 10.7 Å². The van der Waals surface area contributed by atoms with Gasteiger partial charge >= 0.3 is 0 Å². The van der Waals surface area contributed by atoms with Crippen LogP contribution < -0.4 is 21.7 Å². The summed E-state index contributed by atoms with van der Waals surface area (Å²) >= 11 is 0. The summed E-state index contributed by atoms with van der Waals surface area (Å²) in [5.41, 5.74) is 19.0. The Kier molecular flexibility index (Phi) is 15.2. The molecular weight excluding hydrogens is 773 g/mol. The van der Waals surface area contributed by atoms with Gasteiger partial charge in [0.2, 0.25) is 5.70 Å². The maximum Gasteiger partial charge on any atom is 0.210 e. The molecular formula is C56H65N6O-. The van der Waals surface area contributed by atoms with Gasteiger partial charge in [0.15, 0.2) is 5.78 Å². The second-order valence-corrected chi connectivity index (χ2v) is 17.6. The first-order chi connectivity index (χ1) is 30.8. The Morgan fingerprint density at radius 1 is 0.667 bits per heavy atom. The molecule has 0 saturated carbocycles. The molecule has 0 aliphatic heterocycles. The zero-order valence-corrected chi connectivity index (χ0v) is 37.8. The van der Waals surface area contributed by atoms with Gasteiger partial charge < -0.3 is 27.1 Å². The number of allylic oxidation sites excluding steroid dienone is 2. The second-order valence-electron chi connectivity index (χ2n) is 17.6. The zero-order valence-electron chi connectivity index (χ0n) is 37.8. The summed E-state index contributed by atoms with van der Waals surface area (Å²) in [5, 5.41) is 22.2. The number of fused-ring (bicyclic) bond motifs is 4. The summed E-state index contributed by atoms with van der Waals surface area (Å²) in [6.45, 7) is 17.6. The Hall–Kier alpha value is -6.09. The summed E-state index contributed by atoms with van der Waals surface area (Å²) in [7, 11) is 0. The lowest BCUT2D eigenvalue weighted by Crippen LogP contribution is -2.31. The van der Waals surface area contributed by atoms with Crippen LogP contribution in [0.5, 0.6) is 0 Å². The van der Waals surface area contributed by atoms with Crippen LogP contribution in [0.15, 0.2) is 96.2 Å². The maximum atomic E-state index is 15.3. The zero-order chi connectivity index (χ0) is 44.3. The highest BCUT2D eigenvalue weighted by Gasteiger charge is 2.45. The molecule has 326 valence electrons. The third kappa shape index (κ3) is 9.63. The number of hydrogen-bond acceptors (Lipinski definition) is 5. The molecule has 5 N–H and O–H groups in total. The van der Waals surface area contributed by atoms with Crippen LogP contribution in [-0.2, 0) is 4.79 Å². The maximum absolute atomic E-state index is 15.3. The summed E-state index contributed by atoms with van der Waals surface area (Å²) in [5.74, 6) is 1.09. The van der Waals surface area contributed by atoms with Gasteiger partial charge in [-0.2, -0.15) is 0 Å². The van der Waals surface area contributed by atoms with Gasteiger partial charge in [-0.1, -0.05) is 146 Å². The Morgan fingerprint density at radius 2 is 1.17 bits per heavy atom. The van der Waals surface area contributed by atoms with Gasteiger partial charge in [-0.05, 0) is 99.1 Å². The first-order valence-corrected chi connectivity index (χ1v) is 23.8. The number of unbranched alkanes of at least 4 members (excludes halogenated alkanes) is 12. The minimum absolute atomic E-state index is 0.115. The van der Waals surface area contributed by atoms with Gasteiger partial charge in [0.1, 0.15) is 0 Å². The average molecular weight is 838 g/mol. The number of rotatable bonds is 23. The van der Waals surface area contributed by atoms with E-state index in [-0.39, 0.29) is 11.5 Å². The third-order valence-electron chi connectivity index (χ3n) is 13.2. The highest BCUT2D eigenvalue weighted by Crippen LogP contribution is 2.55. The van der Waals surface area contributed by atoms with Crippen molar-refractivity contribution < 1.29 is 4.79 Å². The molecule has 1 unspecified atom stereocenters. The quantitative estimate of drug-likeness (QED) is 0.0196. The SMILES string of the molecule is [C-]#[N+]C(=C=[N-])C1=C(c2c(N)cc(NCCCCCCC)c3cc4ccccc4cc23)C(=O)C1c1c(N)cc(N(CCCCCCC)CCCCCCC)c2cc3ccccc3cc12. The first-order valence-electron chi connectivity index (χ1n) is 23.8. The molecule has 0 heterocycles. The van der Waals surface area contributed by atoms with Gasteiger partial charge in [0, 0.05) is 64.3 Å². The van der Waals surface area contributed by atoms with Crippen LogP contribution in [0.4, 0.5) is 22.7 Å². The van der Waals surface area contributed by atoms with E-state index in [9.17, 15) is 5.41 Å². The fourth-order valence-corrected chi connectivity index (χ4v) is 9.80. The standard InChI is InChI=1S/C56H65N6O/c1-5-8-11-14-21-28-61-48-35-46(58)51(44-33-40-26-19-17-24-38(40)31-42(44)48)54-53(49(37-57)60-4)55(56(54)63)52-45-34-41-27-20-18-25-39(41)32-43(45)50(36-47(52)59)62(29-22-15-12-9-6-2)30-23-16-13-10-7-3/h17-20,24-27,31-36,55,61H,5-16,21-23,28-30,58-59H2,1-3H3/q-1. The van der Waals surface area contributed by atoms with E-state index in [4.69, 9.17) is 18.0 Å². The lowest BCUT2D eigenvalue weighted by molar-refractivity contribution is -0.115. The normalized spacial score (nSPS) is 13.7. The van der Waals surface area contributed by atoms with E-state index in [0.717, 1.165) is 99.8 Å². The van der Waals surface area contributed by atoms with E-state index >= 15 is 4.79 Å². The number of Topliss-reactive ketones (excluding diaryl/α,β-unsaturated/α-hetero) is 1. The average Bonchev–Trinajstić information content (AvgIpc) is 3.30. The number of nitrogen functional groups attached to an aromatic ring is 2. The minimum atomic E-state index is -0.908. The molecule has 0 fully saturated rings. The molecule has 6 aromatic carbocycles. The van der Waals surface area contributed by atoms with Crippen molar-refractivity contribution in [3.63, 3.8) is 0 Å². The van der Waals surface area contributed by atoms with Gasteiger partial charge in [-0.15, -0.1) is 0 Å². The highest BCUT2D eigenvalue weighted by atomic mass is 16.1. The summed E-state index contributed by atoms with van der Waals surface area (Å²) in [6, 6.07) is 29.2. The van der Waals surface area contributed by atoms with E-state index in [1.807, 2.05) is 24.3 Å². The Balaban J connectivity index is 1.40. The molecule has 1 aliphatic carbocycles. The lowest BCUT2D eigenvalue weighted by atomic mass is 9.66. The van der Waals surface area contributed by atoms with Crippen LogP contribution >= 0.6 is 0 Å². The fraction of sp³-hybridized carbons (Fsp3) is 0.393. The van der Waals surface area contributed by atoms with Crippen LogP contribution in [0.25, 0.3) is 58.9 Å². The molecule has 0 spiro atoms. The number of anilines is 4. The second kappa shape index (κ2) is 21.3. The third-order valence-corrected chi connectivity index (χ3v) is 13.2. The van der Waals surface area contributed by atoms with Crippen molar-refractivity contribution in [3.8, 4) is 0 Å². The predicted octanol–water partition coefficient (Wildman–Crippen LogP) is 14.8. The van der Waals surface area contributed by atoms with Crippen molar-refractivity contribution >= 4 is 83.1 Å². The lowest BCUT2D eigenvalue weighted by Gasteiger charge is -2.36. The van der Waals surface area contributed by atoms with Crippen LogP contribution in [-0.4, -0.2) is 31.3 Å².